The highest BCUT2D eigenvalue weighted by Gasteiger charge is 2.21. The minimum absolute atomic E-state index is 0.00295. The van der Waals surface area contributed by atoms with Crippen molar-refractivity contribution in [2.45, 2.75) is 50.5 Å². The summed E-state index contributed by atoms with van der Waals surface area (Å²) < 4.78 is 5.22. The fourth-order valence-electron chi connectivity index (χ4n) is 2.61. The van der Waals surface area contributed by atoms with Crippen molar-refractivity contribution in [1.29, 1.82) is 0 Å². The van der Waals surface area contributed by atoms with E-state index in [1.807, 2.05) is 18.2 Å². The average molecular weight is 425 g/mol. The van der Waals surface area contributed by atoms with Crippen LogP contribution in [0, 0.1) is 0 Å². The van der Waals surface area contributed by atoms with Crippen LogP contribution in [0.3, 0.4) is 0 Å². The molecule has 8 nitrogen and oxygen atoms in total. The standard InChI is InChI=1S/C20H32N2O6Si/c1-29(2,12-10-16-6-4-3-5-7-16)13-11-28-20(27)21-14-17(15-23)22-18(24)8-9-19(25)26/h3-7,17,23H,8-15H2,1-2H3,(H,21,27)(H,22,24)(H,25,26)/t17-/m0/s1. The second kappa shape index (κ2) is 12.9. The third-order valence-corrected chi connectivity index (χ3v) is 7.75. The maximum Gasteiger partial charge on any atom is 0.407 e. The molecule has 162 valence electrons. The largest absolute Gasteiger partial charge is 0.481 e. The number of carboxylic acids is 1. The van der Waals surface area contributed by atoms with Gasteiger partial charge in [0.05, 0.1) is 33.8 Å². The van der Waals surface area contributed by atoms with Gasteiger partial charge in [-0.05, 0) is 18.0 Å². The fraction of sp³-hybridized carbons (Fsp3) is 0.550. The van der Waals surface area contributed by atoms with Gasteiger partial charge in [-0.15, -0.1) is 0 Å². The lowest BCUT2D eigenvalue weighted by molar-refractivity contribution is -0.138. The van der Waals surface area contributed by atoms with Gasteiger partial charge in [0.25, 0.3) is 0 Å². The van der Waals surface area contributed by atoms with Crippen molar-refractivity contribution in [3.63, 3.8) is 0 Å². The maximum absolute atomic E-state index is 11.8. The van der Waals surface area contributed by atoms with Gasteiger partial charge >= 0.3 is 12.1 Å². The Morgan fingerprint density at radius 1 is 1.10 bits per heavy atom. The van der Waals surface area contributed by atoms with Gasteiger partial charge in [-0.3, -0.25) is 9.59 Å². The van der Waals surface area contributed by atoms with E-state index >= 15 is 0 Å². The number of aliphatic hydroxyl groups excluding tert-OH is 1. The van der Waals surface area contributed by atoms with Gasteiger partial charge in [-0.2, -0.15) is 0 Å². The summed E-state index contributed by atoms with van der Waals surface area (Å²) in [5.41, 5.74) is 1.31. The molecule has 0 saturated carbocycles. The van der Waals surface area contributed by atoms with E-state index in [0.29, 0.717) is 6.61 Å². The van der Waals surface area contributed by atoms with Gasteiger partial charge in [0, 0.05) is 13.0 Å². The molecule has 1 atom stereocenters. The van der Waals surface area contributed by atoms with Gasteiger partial charge in [-0.1, -0.05) is 49.5 Å². The Labute approximate surface area is 172 Å². The second-order valence-corrected chi connectivity index (χ2v) is 13.1. The van der Waals surface area contributed by atoms with Crippen LogP contribution < -0.4 is 10.6 Å². The van der Waals surface area contributed by atoms with Crippen molar-refractivity contribution in [3.8, 4) is 0 Å². The molecule has 2 amide bonds. The summed E-state index contributed by atoms with van der Waals surface area (Å²) in [6, 6.07) is 11.6. The number of aliphatic hydroxyl groups is 1. The molecule has 0 aliphatic rings. The topological polar surface area (TPSA) is 125 Å². The summed E-state index contributed by atoms with van der Waals surface area (Å²) in [6.07, 6.45) is -0.0509. The molecule has 0 radical (unpaired) electrons. The molecule has 0 unspecified atom stereocenters. The van der Waals surface area contributed by atoms with Crippen LogP contribution >= 0.6 is 0 Å². The molecule has 9 heteroatoms. The molecule has 4 N–H and O–H groups in total. The summed E-state index contributed by atoms with van der Waals surface area (Å²) in [7, 11) is -1.49. The number of amides is 2. The smallest absolute Gasteiger partial charge is 0.407 e. The quantitative estimate of drug-likeness (QED) is 0.359. The van der Waals surface area contributed by atoms with Crippen molar-refractivity contribution in [1.82, 2.24) is 10.6 Å². The molecule has 1 aromatic rings. The molecular weight excluding hydrogens is 392 g/mol. The van der Waals surface area contributed by atoms with Crippen LogP contribution in [0.5, 0.6) is 0 Å². The van der Waals surface area contributed by atoms with E-state index in [0.717, 1.165) is 18.5 Å². The van der Waals surface area contributed by atoms with Crippen LogP contribution in [0.15, 0.2) is 30.3 Å². The number of ether oxygens (including phenoxy) is 1. The summed E-state index contributed by atoms with van der Waals surface area (Å²) in [5, 5.41) is 22.8. The molecule has 0 aliphatic heterocycles. The van der Waals surface area contributed by atoms with E-state index in [-0.39, 0.29) is 26.0 Å². The van der Waals surface area contributed by atoms with Crippen LogP contribution in [0.2, 0.25) is 25.2 Å². The number of hydrogen-bond acceptors (Lipinski definition) is 5. The first-order valence-corrected chi connectivity index (χ1v) is 13.2. The van der Waals surface area contributed by atoms with E-state index < -0.39 is 32.1 Å². The predicted octanol–water partition coefficient (Wildman–Crippen LogP) is 2.01. The van der Waals surface area contributed by atoms with E-state index in [1.54, 1.807) is 0 Å². The highest BCUT2D eigenvalue weighted by molar-refractivity contribution is 6.77. The number of hydrogen-bond donors (Lipinski definition) is 4. The highest BCUT2D eigenvalue weighted by atomic mass is 28.3. The highest BCUT2D eigenvalue weighted by Crippen LogP contribution is 2.18. The lowest BCUT2D eigenvalue weighted by Gasteiger charge is -2.22. The molecule has 0 bridgehead atoms. The third-order valence-electron chi connectivity index (χ3n) is 4.59. The monoisotopic (exact) mass is 424 g/mol. The van der Waals surface area contributed by atoms with E-state index in [1.165, 1.54) is 5.56 Å². The Balaban J connectivity index is 2.24. The molecule has 1 rings (SSSR count). The zero-order chi connectivity index (χ0) is 21.7. The average Bonchev–Trinajstić information content (AvgIpc) is 2.68. The Morgan fingerprint density at radius 3 is 2.41 bits per heavy atom. The lowest BCUT2D eigenvalue weighted by atomic mass is 10.2. The van der Waals surface area contributed by atoms with Crippen molar-refractivity contribution < 1.29 is 29.3 Å². The minimum Gasteiger partial charge on any atom is -0.481 e. The number of carboxylic acid groups (broad SMARTS) is 1. The molecule has 0 aliphatic carbocycles. The molecular formula is C20H32N2O6Si. The number of benzene rings is 1. The zero-order valence-corrected chi connectivity index (χ0v) is 18.1. The molecule has 0 heterocycles. The number of carbonyl (C=O) groups is 3. The molecule has 0 aromatic heterocycles. The Bertz CT molecular complexity index is 654. The van der Waals surface area contributed by atoms with E-state index in [4.69, 9.17) is 9.84 Å². The van der Waals surface area contributed by atoms with Gasteiger partial charge < -0.3 is 25.6 Å². The van der Waals surface area contributed by atoms with Crippen LogP contribution in [-0.2, 0) is 20.7 Å². The Hall–Kier alpha value is -2.39. The normalized spacial score (nSPS) is 12.1. The Kier molecular flexibility index (Phi) is 11.0. The molecule has 1 aromatic carbocycles. The number of aliphatic carboxylic acids is 1. The summed E-state index contributed by atoms with van der Waals surface area (Å²) in [5.74, 6) is -1.56. The van der Waals surface area contributed by atoms with E-state index in [9.17, 15) is 19.5 Å². The lowest BCUT2D eigenvalue weighted by Crippen LogP contribution is -2.46. The van der Waals surface area contributed by atoms with Crippen LogP contribution in [0.1, 0.15) is 18.4 Å². The van der Waals surface area contributed by atoms with Crippen molar-refractivity contribution in [3.05, 3.63) is 35.9 Å². The van der Waals surface area contributed by atoms with Crippen LogP contribution in [0.25, 0.3) is 0 Å². The van der Waals surface area contributed by atoms with Crippen molar-refractivity contribution >= 4 is 26.0 Å². The first-order chi connectivity index (χ1) is 13.7. The number of rotatable bonds is 13. The van der Waals surface area contributed by atoms with Gasteiger partial charge in [0.15, 0.2) is 0 Å². The van der Waals surface area contributed by atoms with Crippen molar-refractivity contribution in [2.75, 3.05) is 19.8 Å². The van der Waals surface area contributed by atoms with Gasteiger partial charge in [0.2, 0.25) is 5.91 Å². The first-order valence-electron chi connectivity index (χ1n) is 9.78. The fourth-order valence-corrected chi connectivity index (χ4v) is 4.48. The summed E-state index contributed by atoms with van der Waals surface area (Å²) >= 11 is 0. The number of aryl methyl sites for hydroxylation is 1. The number of nitrogens with one attached hydrogen (secondary N) is 2. The molecule has 0 spiro atoms. The molecule has 29 heavy (non-hydrogen) atoms. The minimum atomic E-state index is -1.49. The Morgan fingerprint density at radius 2 is 1.79 bits per heavy atom. The summed E-state index contributed by atoms with van der Waals surface area (Å²) in [4.78, 5) is 33.9. The van der Waals surface area contributed by atoms with Gasteiger partial charge in [-0.25, -0.2) is 4.79 Å². The van der Waals surface area contributed by atoms with Crippen molar-refractivity contribution in [2.24, 2.45) is 0 Å². The summed E-state index contributed by atoms with van der Waals surface area (Å²) in [6.45, 7) is 4.49. The molecule has 0 fully saturated rings. The van der Waals surface area contributed by atoms with Crippen LogP contribution in [0.4, 0.5) is 4.79 Å². The molecule has 0 saturated heterocycles. The second-order valence-electron chi connectivity index (χ2n) is 7.76. The van der Waals surface area contributed by atoms with E-state index in [2.05, 4.69) is 35.9 Å². The van der Waals surface area contributed by atoms with Crippen LogP contribution in [-0.4, -0.2) is 62.1 Å². The predicted molar refractivity (Wildman–Crippen MR) is 112 cm³/mol. The number of carbonyl (C=O) groups excluding carboxylic acids is 2. The van der Waals surface area contributed by atoms with Gasteiger partial charge in [0.1, 0.15) is 0 Å². The third kappa shape index (κ3) is 11.9. The zero-order valence-electron chi connectivity index (χ0n) is 17.1. The maximum atomic E-state index is 11.8. The SMILES string of the molecule is C[Si](C)(CCOC(=O)NC[C@@H](CO)NC(=O)CCC(=O)O)CCc1ccccc1. The first kappa shape index (κ1) is 24.6. The number of alkyl carbamates (subject to hydrolysis) is 1.